The molecule has 0 aliphatic heterocycles. The van der Waals surface area contributed by atoms with Crippen LogP contribution >= 0.6 is 15.9 Å². The van der Waals surface area contributed by atoms with Crippen molar-refractivity contribution in [2.75, 3.05) is 20.8 Å². The number of nitrogens with two attached hydrogens (primary N) is 1. The minimum atomic E-state index is -0.264. The summed E-state index contributed by atoms with van der Waals surface area (Å²) in [5, 5.41) is 8.82. The molecule has 0 heterocycles. The number of benzene rings is 2. The van der Waals surface area contributed by atoms with E-state index in [0.29, 0.717) is 12.1 Å². The molecule has 1 unspecified atom stereocenters. The van der Waals surface area contributed by atoms with Gasteiger partial charge in [-0.2, -0.15) is 0 Å². The monoisotopic (exact) mass is 399 g/mol. The molecule has 0 radical (unpaired) electrons. The van der Waals surface area contributed by atoms with Gasteiger partial charge in [0.05, 0.1) is 14.2 Å². The predicted molar refractivity (Wildman–Crippen MR) is 97.0 cm³/mol. The second-order valence-corrected chi connectivity index (χ2v) is 6.05. The van der Waals surface area contributed by atoms with Gasteiger partial charge in [0.1, 0.15) is 17.3 Å². The molecule has 0 saturated carbocycles. The molecule has 24 heavy (non-hydrogen) atoms. The minimum absolute atomic E-state index is 0.0344. The van der Waals surface area contributed by atoms with E-state index in [2.05, 4.69) is 15.9 Å². The van der Waals surface area contributed by atoms with Crippen LogP contribution in [0, 0.1) is 5.82 Å². The molecule has 0 saturated heterocycles. The number of rotatable bonds is 5. The van der Waals surface area contributed by atoms with Crippen LogP contribution in [-0.4, -0.2) is 25.9 Å². The van der Waals surface area contributed by atoms with E-state index in [9.17, 15) is 4.39 Å². The van der Waals surface area contributed by atoms with Crippen LogP contribution in [0.2, 0.25) is 0 Å². The Balaban J connectivity index is 0.000000240. The van der Waals surface area contributed by atoms with Gasteiger partial charge in [0.15, 0.2) is 0 Å². The van der Waals surface area contributed by atoms with Crippen LogP contribution in [0.1, 0.15) is 24.0 Å². The quantitative estimate of drug-likeness (QED) is 0.801. The van der Waals surface area contributed by atoms with E-state index in [1.807, 2.05) is 18.2 Å². The summed E-state index contributed by atoms with van der Waals surface area (Å²) in [4.78, 5) is 0. The molecule has 0 aromatic heterocycles. The molecule has 6 heteroatoms. The highest BCUT2D eigenvalue weighted by Crippen LogP contribution is 2.24. The molecule has 0 spiro atoms. The van der Waals surface area contributed by atoms with Crippen molar-refractivity contribution >= 4 is 15.9 Å². The fraction of sp³-hybridized carbons (Fsp3) is 0.333. The van der Waals surface area contributed by atoms with Crippen LogP contribution in [0.5, 0.6) is 11.5 Å². The van der Waals surface area contributed by atoms with E-state index in [1.165, 1.54) is 6.07 Å². The molecule has 4 nitrogen and oxygen atoms in total. The number of methoxy groups -OCH3 is 2. The topological polar surface area (TPSA) is 64.7 Å². The van der Waals surface area contributed by atoms with Gasteiger partial charge in [0, 0.05) is 35.2 Å². The van der Waals surface area contributed by atoms with Gasteiger partial charge in [0.25, 0.3) is 0 Å². The molecule has 132 valence electrons. The van der Waals surface area contributed by atoms with Gasteiger partial charge >= 0.3 is 0 Å². The molecule has 0 bridgehead atoms. The maximum absolute atomic E-state index is 13.1. The lowest BCUT2D eigenvalue weighted by molar-refractivity contribution is 0.270. The van der Waals surface area contributed by atoms with Crippen molar-refractivity contribution in [3.63, 3.8) is 0 Å². The number of halogens is 2. The van der Waals surface area contributed by atoms with E-state index < -0.39 is 0 Å². The predicted octanol–water partition coefficient (Wildman–Crippen LogP) is 3.85. The van der Waals surface area contributed by atoms with Gasteiger partial charge in [-0.15, -0.1) is 0 Å². The summed E-state index contributed by atoms with van der Waals surface area (Å²) in [7, 11) is 3.24. The SMILES string of the molecule is CC(CO)c1cc(Br)ccc1F.COc1ccc(CN)c(OC)c1. The second kappa shape index (κ2) is 10.3. The summed E-state index contributed by atoms with van der Waals surface area (Å²) in [5.41, 5.74) is 7.03. The number of hydrogen-bond donors (Lipinski definition) is 2. The molecule has 2 rings (SSSR count). The number of aliphatic hydroxyl groups is 1. The van der Waals surface area contributed by atoms with Gasteiger partial charge in [0.2, 0.25) is 0 Å². The highest BCUT2D eigenvalue weighted by Gasteiger charge is 2.09. The van der Waals surface area contributed by atoms with Gasteiger partial charge in [-0.05, 0) is 29.8 Å². The average Bonchev–Trinajstić information content (AvgIpc) is 2.62. The third-order valence-electron chi connectivity index (χ3n) is 3.48. The van der Waals surface area contributed by atoms with Gasteiger partial charge < -0.3 is 20.3 Å². The van der Waals surface area contributed by atoms with Crippen LogP contribution in [0.25, 0.3) is 0 Å². The molecule has 2 aromatic carbocycles. The Morgan fingerprint density at radius 2 is 1.88 bits per heavy atom. The third kappa shape index (κ3) is 5.78. The third-order valence-corrected chi connectivity index (χ3v) is 3.97. The summed E-state index contributed by atoms with van der Waals surface area (Å²) in [6, 6.07) is 10.3. The van der Waals surface area contributed by atoms with E-state index in [1.54, 1.807) is 33.3 Å². The lowest BCUT2D eigenvalue weighted by Crippen LogP contribution is -2.01. The van der Waals surface area contributed by atoms with Gasteiger partial charge in [-0.25, -0.2) is 4.39 Å². The summed E-state index contributed by atoms with van der Waals surface area (Å²) >= 11 is 3.25. The van der Waals surface area contributed by atoms with Crippen LogP contribution in [-0.2, 0) is 6.54 Å². The van der Waals surface area contributed by atoms with Gasteiger partial charge in [-0.3, -0.25) is 0 Å². The van der Waals surface area contributed by atoms with Crippen molar-refractivity contribution in [3.8, 4) is 11.5 Å². The Morgan fingerprint density at radius 1 is 1.17 bits per heavy atom. The summed E-state index contributed by atoms with van der Waals surface area (Å²) < 4.78 is 24.1. The zero-order valence-corrected chi connectivity index (χ0v) is 15.6. The highest BCUT2D eigenvalue weighted by molar-refractivity contribution is 9.10. The zero-order valence-electron chi connectivity index (χ0n) is 14.1. The summed E-state index contributed by atoms with van der Waals surface area (Å²) in [6.07, 6.45) is 0. The number of aliphatic hydroxyl groups excluding tert-OH is 1. The van der Waals surface area contributed by atoms with Crippen LogP contribution in [0.4, 0.5) is 4.39 Å². The van der Waals surface area contributed by atoms with E-state index in [0.717, 1.165) is 21.5 Å². The molecule has 0 amide bonds. The Labute approximate surface area is 150 Å². The first-order valence-electron chi connectivity index (χ1n) is 7.43. The lowest BCUT2D eigenvalue weighted by Gasteiger charge is -2.09. The zero-order chi connectivity index (χ0) is 18.1. The highest BCUT2D eigenvalue weighted by atomic mass is 79.9. The average molecular weight is 400 g/mol. The lowest BCUT2D eigenvalue weighted by atomic mass is 10.0. The standard InChI is InChI=1S/C9H10BrFO.C9H13NO2/c1-6(5-12)8-4-7(10)2-3-9(8)11;1-11-8-4-3-7(6-10)9(5-8)12-2/h2-4,6,12H,5H2,1H3;3-5H,6,10H2,1-2H3. The first kappa shape index (κ1) is 20.4. The Morgan fingerprint density at radius 3 is 2.42 bits per heavy atom. The Kier molecular flexibility index (Phi) is 8.74. The maximum atomic E-state index is 13.1. The van der Waals surface area contributed by atoms with Crippen LogP contribution in [0.15, 0.2) is 40.9 Å². The normalized spacial score (nSPS) is 11.3. The first-order valence-corrected chi connectivity index (χ1v) is 8.22. The van der Waals surface area contributed by atoms with E-state index in [4.69, 9.17) is 20.3 Å². The summed E-state index contributed by atoms with van der Waals surface area (Å²) in [5.74, 6) is 1.14. The minimum Gasteiger partial charge on any atom is -0.497 e. The Bertz CT molecular complexity index is 652. The van der Waals surface area contributed by atoms with Crippen molar-refractivity contribution < 1.29 is 19.0 Å². The van der Waals surface area contributed by atoms with Gasteiger partial charge in [-0.1, -0.05) is 28.9 Å². The number of ether oxygens (including phenoxy) is 2. The molecule has 0 fully saturated rings. The smallest absolute Gasteiger partial charge is 0.127 e. The fourth-order valence-corrected chi connectivity index (χ4v) is 2.39. The van der Waals surface area contributed by atoms with Crippen molar-refractivity contribution in [2.24, 2.45) is 5.73 Å². The molecular weight excluding hydrogens is 377 g/mol. The summed E-state index contributed by atoms with van der Waals surface area (Å²) in [6.45, 7) is 2.23. The largest absolute Gasteiger partial charge is 0.497 e. The maximum Gasteiger partial charge on any atom is 0.127 e. The molecule has 1 atom stereocenters. The van der Waals surface area contributed by atoms with E-state index in [-0.39, 0.29) is 18.3 Å². The Hall–Kier alpha value is -1.63. The fourth-order valence-electron chi connectivity index (χ4n) is 2.01. The second-order valence-electron chi connectivity index (χ2n) is 5.13. The van der Waals surface area contributed by atoms with Crippen molar-refractivity contribution in [2.45, 2.75) is 19.4 Å². The number of hydrogen-bond acceptors (Lipinski definition) is 4. The van der Waals surface area contributed by atoms with Crippen LogP contribution in [0.3, 0.4) is 0 Å². The molecule has 0 aliphatic rings. The van der Waals surface area contributed by atoms with Crippen molar-refractivity contribution in [3.05, 3.63) is 57.8 Å². The van der Waals surface area contributed by atoms with E-state index >= 15 is 0 Å². The molecular formula is C18H23BrFNO3. The molecule has 3 N–H and O–H groups in total. The van der Waals surface area contributed by atoms with Crippen molar-refractivity contribution in [1.82, 2.24) is 0 Å². The first-order chi connectivity index (χ1) is 11.5. The van der Waals surface area contributed by atoms with Crippen molar-refractivity contribution in [1.29, 1.82) is 0 Å². The molecule has 2 aromatic rings. The molecule has 0 aliphatic carbocycles. The van der Waals surface area contributed by atoms with Crippen LogP contribution < -0.4 is 15.2 Å².